The van der Waals surface area contributed by atoms with Crippen LogP contribution in [0.3, 0.4) is 0 Å². The molecule has 1 saturated heterocycles. The number of amides is 2. The quantitative estimate of drug-likeness (QED) is 0.670. The van der Waals surface area contributed by atoms with E-state index in [1.807, 2.05) is 28.5 Å². The number of ether oxygens (including phenoxy) is 1. The fourth-order valence-corrected chi connectivity index (χ4v) is 4.57. The molecule has 2 aliphatic rings. The van der Waals surface area contributed by atoms with Crippen LogP contribution in [0.25, 0.3) is 0 Å². The van der Waals surface area contributed by atoms with Gasteiger partial charge in [-0.1, -0.05) is 13.0 Å². The van der Waals surface area contributed by atoms with Crippen LogP contribution in [0.1, 0.15) is 71.3 Å². The van der Waals surface area contributed by atoms with Crippen LogP contribution in [0.4, 0.5) is 0 Å². The summed E-state index contributed by atoms with van der Waals surface area (Å²) in [6.07, 6.45) is 4.55. The highest BCUT2D eigenvalue weighted by Crippen LogP contribution is 2.26. The second kappa shape index (κ2) is 8.89. The molecule has 1 N–H and O–H groups in total. The summed E-state index contributed by atoms with van der Waals surface area (Å²) < 4.78 is 8.34. The number of pyridine rings is 1. The standard InChI is InChI=1S/C22H27BrN4O3/c1-3-17(15-6-7-20(23)24-12-15)25-21(28)16-11-18(27-9-10-30-13-19(16)27)22(29)26-8-4-5-14(26)2/h6-7,11-12,14,17H,3-5,8-10,13H2,1-2H3,(H,25,28). The molecule has 4 rings (SSSR count). The first-order chi connectivity index (χ1) is 14.5. The number of likely N-dealkylation sites (tertiary alicyclic amines) is 1. The molecular weight excluding hydrogens is 448 g/mol. The molecule has 30 heavy (non-hydrogen) atoms. The predicted octanol–water partition coefficient (Wildman–Crippen LogP) is 3.68. The van der Waals surface area contributed by atoms with Gasteiger partial charge >= 0.3 is 0 Å². The van der Waals surface area contributed by atoms with Crippen molar-refractivity contribution in [2.75, 3.05) is 13.2 Å². The molecule has 2 aliphatic heterocycles. The molecule has 0 saturated carbocycles. The molecule has 0 aliphatic carbocycles. The van der Waals surface area contributed by atoms with E-state index in [4.69, 9.17) is 4.74 Å². The molecule has 2 unspecified atom stereocenters. The molecule has 7 nitrogen and oxygen atoms in total. The number of carbonyl (C=O) groups excluding carboxylic acids is 2. The van der Waals surface area contributed by atoms with Crippen LogP contribution in [-0.4, -0.2) is 45.5 Å². The minimum absolute atomic E-state index is 0.00588. The van der Waals surface area contributed by atoms with Crippen molar-refractivity contribution in [1.29, 1.82) is 0 Å². The van der Waals surface area contributed by atoms with Crippen molar-refractivity contribution in [2.45, 2.75) is 58.3 Å². The van der Waals surface area contributed by atoms with Crippen LogP contribution < -0.4 is 5.32 Å². The van der Waals surface area contributed by atoms with Crippen molar-refractivity contribution in [3.8, 4) is 0 Å². The summed E-state index contributed by atoms with van der Waals surface area (Å²) in [5, 5.41) is 3.11. The van der Waals surface area contributed by atoms with Crippen LogP contribution in [0.15, 0.2) is 29.0 Å². The highest BCUT2D eigenvalue weighted by Gasteiger charge is 2.32. The van der Waals surface area contributed by atoms with Crippen molar-refractivity contribution < 1.29 is 14.3 Å². The van der Waals surface area contributed by atoms with Gasteiger partial charge in [-0.3, -0.25) is 9.59 Å². The van der Waals surface area contributed by atoms with E-state index in [1.165, 1.54) is 0 Å². The van der Waals surface area contributed by atoms with Gasteiger partial charge in [0.2, 0.25) is 0 Å². The maximum Gasteiger partial charge on any atom is 0.270 e. The second-order valence-electron chi connectivity index (χ2n) is 7.93. The van der Waals surface area contributed by atoms with Gasteiger partial charge < -0.3 is 19.5 Å². The molecule has 160 valence electrons. The van der Waals surface area contributed by atoms with Gasteiger partial charge in [-0.15, -0.1) is 0 Å². The zero-order valence-electron chi connectivity index (χ0n) is 17.4. The van der Waals surface area contributed by atoms with Gasteiger partial charge in [0.15, 0.2) is 0 Å². The zero-order chi connectivity index (χ0) is 21.3. The number of carbonyl (C=O) groups is 2. The topological polar surface area (TPSA) is 76.5 Å². The summed E-state index contributed by atoms with van der Waals surface area (Å²) >= 11 is 3.34. The van der Waals surface area contributed by atoms with E-state index in [0.717, 1.165) is 41.7 Å². The number of halogens is 1. The van der Waals surface area contributed by atoms with Crippen LogP contribution in [-0.2, 0) is 17.9 Å². The molecule has 8 heteroatoms. The summed E-state index contributed by atoms with van der Waals surface area (Å²) in [6.45, 7) is 6.34. The normalized spacial score (nSPS) is 19.4. The van der Waals surface area contributed by atoms with E-state index < -0.39 is 0 Å². The number of aromatic nitrogens is 2. The van der Waals surface area contributed by atoms with Gasteiger partial charge in [0, 0.05) is 25.3 Å². The molecule has 2 aromatic rings. The molecule has 0 spiro atoms. The molecule has 0 aromatic carbocycles. The number of hydrogen-bond donors (Lipinski definition) is 1. The number of nitrogens with zero attached hydrogens (tertiary/aromatic N) is 3. The van der Waals surface area contributed by atoms with Crippen molar-refractivity contribution >= 4 is 27.7 Å². The molecule has 1 fully saturated rings. The summed E-state index contributed by atoms with van der Waals surface area (Å²) in [5.41, 5.74) is 2.83. The SMILES string of the molecule is CCC(NC(=O)c1cc(C(=O)N2CCCC2C)n2c1COCC2)c1ccc(Br)nc1. The van der Waals surface area contributed by atoms with Gasteiger partial charge in [-0.2, -0.15) is 0 Å². The Morgan fingerprint density at radius 2 is 2.20 bits per heavy atom. The first-order valence-corrected chi connectivity index (χ1v) is 11.3. The van der Waals surface area contributed by atoms with Crippen LogP contribution >= 0.6 is 15.9 Å². The Hall–Kier alpha value is -2.19. The Labute approximate surface area is 184 Å². The Bertz CT molecular complexity index is 941. The van der Waals surface area contributed by atoms with Crippen LogP contribution in [0, 0.1) is 0 Å². The third kappa shape index (κ3) is 4.03. The lowest BCUT2D eigenvalue weighted by molar-refractivity contribution is 0.0683. The fraction of sp³-hybridized carbons (Fsp3) is 0.500. The van der Waals surface area contributed by atoms with Gasteiger partial charge in [0.1, 0.15) is 10.3 Å². The van der Waals surface area contributed by atoms with Gasteiger partial charge in [-0.05, 0) is 59.8 Å². The summed E-state index contributed by atoms with van der Waals surface area (Å²) in [5.74, 6) is -0.182. The van der Waals surface area contributed by atoms with Crippen LogP contribution in [0.5, 0.6) is 0 Å². The summed E-state index contributed by atoms with van der Waals surface area (Å²) in [6, 6.07) is 5.64. The first kappa shape index (κ1) is 21.1. The maximum absolute atomic E-state index is 13.2. The number of fused-ring (bicyclic) bond motifs is 1. The molecule has 0 bridgehead atoms. The first-order valence-electron chi connectivity index (χ1n) is 10.5. The van der Waals surface area contributed by atoms with Gasteiger partial charge in [0.05, 0.1) is 30.5 Å². The lowest BCUT2D eigenvalue weighted by Gasteiger charge is -2.24. The summed E-state index contributed by atoms with van der Waals surface area (Å²) in [4.78, 5) is 32.6. The van der Waals surface area contributed by atoms with Crippen molar-refractivity contribution in [1.82, 2.24) is 19.8 Å². The molecule has 4 heterocycles. The maximum atomic E-state index is 13.2. The highest BCUT2D eigenvalue weighted by atomic mass is 79.9. The minimum atomic E-state index is -0.187. The van der Waals surface area contributed by atoms with E-state index in [0.29, 0.717) is 31.0 Å². The minimum Gasteiger partial charge on any atom is -0.373 e. The van der Waals surface area contributed by atoms with Crippen molar-refractivity contribution in [3.05, 3.63) is 51.5 Å². The largest absolute Gasteiger partial charge is 0.373 e. The number of rotatable bonds is 5. The van der Waals surface area contributed by atoms with E-state index in [2.05, 4.69) is 33.2 Å². The molecule has 2 amide bonds. The zero-order valence-corrected chi connectivity index (χ0v) is 18.9. The predicted molar refractivity (Wildman–Crippen MR) is 116 cm³/mol. The molecule has 2 aromatic heterocycles. The van der Waals surface area contributed by atoms with E-state index in [9.17, 15) is 9.59 Å². The third-order valence-corrected chi connectivity index (χ3v) is 6.52. The number of hydrogen-bond acceptors (Lipinski definition) is 4. The third-order valence-electron chi connectivity index (χ3n) is 6.05. The van der Waals surface area contributed by atoms with E-state index >= 15 is 0 Å². The lowest BCUT2D eigenvalue weighted by atomic mass is 10.1. The summed E-state index contributed by atoms with van der Waals surface area (Å²) in [7, 11) is 0. The van der Waals surface area contributed by atoms with Crippen molar-refractivity contribution in [3.63, 3.8) is 0 Å². The average molecular weight is 475 g/mol. The number of nitrogens with one attached hydrogen (secondary N) is 1. The van der Waals surface area contributed by atoms with Gasteiger partial charge in [0.25, 0.3) is 11.8 Å². The van der Waals surface area contributed by atoms with E-state index in [-0.39, 0.29) is 23.9 Å². The van der Waals surface area contributed by atoms with Gasteiger partial charge in [-0.25, -0.2) is 4.98 Å². The Morgan fingerprint density at radius 1 is 1.37 bits per heavy atom. The fourth-order valence-electron chi connectivity index (χ4n) is 4.33. The Kier molecular flexibility index (Phi) is 6.24. The monoisotopic (exact) mass is 474 g/mol. The Morgan fingerprint density at radius 3 is 2.87 bits per heavy atom. The second-order valence-corrected chi connectivity index (χ2v) is 8.74. The smallest absolute Gasteiger partial charge is 0.270 e. The van der Waals surface area contributed by atoms with E-state index in [1.54, 1.807) is 12.3 Å². The Balaban J connectivity index is 1.61. The molecule has 2 atom stereocenters. The highest BCUT2D eigenvalue weighted by molar-refractivity contribution is 9.10. The lowest BCUT2D eigenvalue weighted by Crippen LogP contribution is -2.35. The van der Waals surface area contributed by atoms with Crippen molar-refractivity contribution in [2.24, 2.45) is 0 Å². The van der Waals surface area contributed by atoms with Crippen LogP contribution in [0.2, 0.25) is 0 Å². The molecule has 0 radical (unpaired) electrons. The molecular formula is C22H27BrN4O3. The average Bonchev–Trinajstić information content (AvgIpc) is 3.36.